The lowest BCUT2D eigenvalue weighted by Gasteiger charge is -2.14. The molecule has 2 aromatic rings. The minimum atomic E-state index is -0.177. The molecule has 1 saturated carbocycles. The molecule has 0 aliphatic heterocycles. The van der Waals surface area contributed by atoms with Gasteiger partial charge in [0.1, 0.15) is 0 Å². The highest BCUT2D eigenvalue weighted by Gasteiger charge is 2.29. The maximum absolute atomic E-state index is 12.4. The Kier molecular flexibility index (Phi) is 6.03. The van der Waals surface area contributed by atoms with Gasteiger partial charge in [0.2, 0.25) is 17.6 Å². The molecule has 0 spiro atoms. The van der Waals surface area contributed by atoms with Crippen LogP contribution in [0.3, 0.4) is 0 Å². The SMILES string of the molecule is COc1cc(CC(=O)Nc2ccc(NC(=O)C3CC3)cc2)cc(OC)c1OC. The Hall–Kier alpha value is -3.22. The van der Waals surface area contributed by atoms with E-state index in [1.54, 1.807) is 36.4 Å². The molecule has 2 aromatic carbocycles. The summed E-state index contributed by atoms with van der Waals surface area (Å²) in [4.78, 5) is 24.2. The highest BCUT2D eigenvalue weighted by atomic mass is 16.5. The van der Waals surface area contributed by atoms with E-state index in [1.807, 2.05) is 0 Å². The van der Waals surface area contributed by atoms with Crippen LogP contribution in [-0.2, 0) is 16.0 Å². The van der Waals surface area contributed by atoms with Gasteiger partial charge in [-0.1, -0.05) is 0 Å². The van der Waals surface area contributed by atoms with Gasteiger partial charge in [-0.3, -0.25) is 9.59 Å². The van der Waals surface area contributed by atoms with E-state index in [0.717, 1.165) is 24.1 Å². The zero-order valence-corrected chi connectivity index (χ0v) is 16.2. The summed E-state index contributed by atoms with van der Waals surface area (Å²) in [5.41, 5.74) is 2.11. The molecule has 7 nitrogen and oxygen atoms in total. The van der Waals surface area contributed by atoms with E-state index in [4.69, 9.17) is 14.2 Å². The van der Waals surface area contributed by atoms with Crippen LogP contribution in [0.25, 0.3) is 0 Å². The molecule has 2 amide bonds. The van der Waals surface area contributed by atoms with Gasteiger partial charge in [0, 0.05) is 17.3 Å². The second kappa shape index (κ2) is 8.65. The zero-order chi connectivity index (χ0) is 20.1. The molecule has 1 aliphatic carbocycles. The molecular formula is C21H24N2O5. The Morgan fingerprint density at radius 1 is 0.893 bits per heavy atom. The lowest BCUT2D eigenvalue weighted by atomic mass is 10.1. The predicted molar refractivity (Wildman–Crippen MR) is 106 cm³/mol. The van der Waals surface area contributed by atoms with Crippen LogP contribution in [0.1, 0.15) is 18.4 Å². The minimum absolute atomic E-state index is 0.0548. The molecule has 7 heteroatoms. The summed E-state index contributed by atoms with van der Waals surface area (Å²) >= 11 is 0. The first-order valence-electron chi connectivity index (χ1n) is 9.03. The number of anilines is 2. The molecule has 0 radical (unpaired) electrons. The van der Waals surface area contributed by atoms with Crippen molar-refractivity contribution in [1.82, 2.24) is 0 Å². The van der Waals surface area contributed by atoms with Crippen molar-refractivity contribution in [2.24, 2.45) is 5.92 Å². The van der Waals surface area contributed by atoms with Crippen LogP contribution >= 0.6 is 0 Å². The van der Waals surface area contributed by atoms with Crippen LogP contribution in [0.15, 0.2) is 36.4 Å². The van der Waals surface area contributed by atoms with Gasteiger partial charge < -0.3 is 24.8 Å². The average Bonchev–Trinajstić information content (AvgIpc) is 3.54. The highest BCUT2D eigenvalue weighted by Crippen LogP contribution is 2.38. The molecule has 0 bridgehead atoms. The summed E-state index contributed by atoms with van der Waals surface area (Å²) in [6, 6.07) is 10.6. The van der Waals surface area contributed by atoms with E-state index >= 15 is 0 Å². The van der Waals surface area contributed by atoms with E-state index in [0.29, 0.717) is 22.9 Å². The summed E-state index contributed by atoms with van der Waals surface area (Å²) in [6.45, 7) is 0. The highest BCUT2D eigenvalue weighted by molar-refractivity contribution is 5.95. The fourth-order valence-corrected chi connectivity index (χ4v) is 2.85. The minimum Gasteiger partial charge on any atom is -0.493 e. The van der Waals surface area contributed by atoms with Crippen molar-refractivity contribution < 1.29 is 23.8 Å². The number of rotatable bonds is 8. The first-order chi connectivity index (χ1) is 13.5. The van der Waals surface area contributed by atoms with E-state index < -0.39 is 0 Å². The molecule has 0 unspecified atom stereocenters. The molecule has 1 fully saturated rings. The largest absolute Gasteiger partial charge is 0.493 e. The smallest absolute Gasteiger partial charge is 0.228 e. The number of carbonyl (C=O) groups is 2. The normalized spacial score (nSPS) is 12.8. The quantitative estimate of drug-likeness (QED) is 0.730. The fraction of sp³-hybridized carbons (Fsp3) is 0.333. The standard InChI is InChI=1S/C21H24N2O5/c1-26-17-10-13(11-18(27-2)20(17)28-3)12-19(24)22-15-6-8-16(9-7-15)23-21(25)14-4-5-14/h6-11,14H,4-5,12H2,1-3H3,(H,22,24)(H,23,25). The van der Waals surface area contributed by atoms with Crippen molar-refractivity contribution in [1.29, 1.82) is 0 Å². The zero-order valence-electron chi connectivity index (χ0n) is 16.2. The molecule has 0 atom stereocenters. The maximum atomic E-state index is 12.4. The first kappa shape index (κ1) is 19.5. The van der Waals surface area contributed by atoms with Crippen LogP contribution in [0.4, 0.5) is 11.4 Å². The molecule has 0 heterocycles. The van der Waals surface area contributed by atoms with Gasteiger partial charge in [-0.05, 0) is 54.8 Å². The molecule has 3 rings (SSSR count). The third-order valence-electron chi connectivity index (χ3n) is 4.47. The monoisotopic (exact) mass is 384 g/mol. The number of ether oxygens (including phenoxy) is 3. The Labute approximate surface area is 164 Å². The van der Waals surface area contributed by atoms with Gasteiger partial charge in [-0.25, -0.2) is 0 Å². The third-order valence-corrected chi connectivity index (χ3v) is 4.47. The molecule has 2 N–H and O–H groups in total. The Balaban J connectivity index is 1.62. The average molecular weight is 384 g/mol. The van der Waals surface area contributed by atoms with Gasteiger partial charge in [0.05, 0.1) is 27.8 Å². The summed E-state index contributed by atoms with van der Waals surface area (Å²) in [5, 5.41) is 5.71. The lowest BCUT2D eigenvalue weighted by molar-refractivity contribution is -0.117. The number of methoxy groups -OCH3 is 3. The van der Waals surface area contributed by atoms with E-state index in [-0.39, 0.29) is 24.2 Å². The Bertz CT molecular complexity index is 835. The number of nitrogens with one attached hydrogen (secondary N) is 2. The van der Waals surface area contributed by atoms with Crippen molar-refractivity contribution in [3.05, 3.63) is 42.0 Å². The summed E-state index contributed by atoms with van der Waals surface area (Å²) < 4.78 is 15.9. The van der Waals surface area contributed by atoms with Crippen LogP contribution in [0.5, 0.6) is 17.2 Å². The van der Waals surface area contributed by atoms with Crippen molar-refractivity contribution in [2.45, 2.75) is 19.3 Å². The van der Waals surface area contributed by atoms with Gasteiger partial charge in [-0.2, -0.15) is 0 Å². The molecule has 1 aliphatic rings. The molecule has 148 valence electrons. The number of amides is 2. The Morgan fingerprint density at radius 3 is 1.89 bits per heavy atom. The van der Waals surface area contributed by atoms with Crippen molar-refractivity contribution in [3.63, 3.8) is 0 Å². The van der Waals surface area contributed by atoms with Gasteiger partial charge in [-0.15, -0.1) is 0 Å². The number of hydrogen-bond donors (Lipinski definition) is 2. The summed E-state index contributed by atoms with van der Waals surface area (Å²) in [6.07, 6.45) is 2.07. The van der Waals surface area contributed by atoms with Crippen LogP contribution in [0, 0.1) is 5.92 Å². The van der Waals surface area contributed by atoms with E-state index in [1.165, 1.54) is 21.3 Å². The van der Waals surface area contributed by atoms with Gasteiger partial charge in [0.25, 0.3) is 0 Å². The van der Waals surface area contributed by atoms with Crippen molar-refractivity contribution in [3.8, 4) is 17.2 Å². The summed E-state index contributed by atoms with van der Waals surface area (Å²) in [7, 11) is 4.60. The third kappa shape index (κ3) is 4.73. The van der Waals surface area contributed by atoms with Gasteiger partial charge in [0.15, 0.2) is 11.5 Å². The summed E-state index contributed by atoms with van der Waals surface area (Å²) in [5.74, 6) is 1.51. The molecular weight excluding hydrogens is 360 g/mol. The molecule has 0 saturated heterocycles. The predicted octanol–water partition coefficient (Wildman–Crippen LogP) is 3.24. The number of benzene rings is 2. The fourth-order valence-electron chi connectivity index (χ4n) is 2.85. The van der Waals surface area contributed by atoms with E-state index in [2.05, 4.69) is 10.6 Å². The van der Waals surface area contributed by atoms with Crippen molar-refractivity contribution >= 4 is 23.2 Å². The maximum Gasteiger partial charge on any atom is 0.228 e. The molecule has 0 aromatic heterocycles. The topological polar surface area (TPSA) is 85.9 Å². The number of hydrogen-bond acceptors (Lipinski definition) is 5. The second-order valence-electron chi connectivity index (χ2n) is 6.60. The Morgan fingerprint density at radius 2 is 1.43 bits per heavy atom. The van der Waals surface area contributed by atoms with Crippen molar-refractivity contribution in [2.75, 3.05) is 32.0 Å². The first-order valence-corrected chi connectivity index (χ1v) is 9.03. The van der Waals surface area contributed by atoms with E-state index in [9.17, 15) is 9.59 Å². The molecule has 28 heavy (non-hydrogen) atoms. The van der Waals surface area contributed by atoms with Gasteiger partial charge >= 0.3 is 0 Å². The van der Waals surface area contributed by atoms with Crippen LogP contribution < -0.4 is 24.8 Å². The van der Waals surface area contributed by atoms with Crippen LogP contribution in [0.2, 0.25) is 0 Å². The lowest BCUT2D eigenvalue weighted by Crippen LogP contribution is -2.15. The second-order valence-corrected chi connectivity index (χ2v) is 6.60. The van der Waals surface area contributed by atoms with Crippen LogP contribution in [-0.4, -0.2) is 33.1 Å². The number of carbonyl (C=O) groups excluding carboxylic acids is 2.